The summed E-state index contributed by atoms with van der Waals surface area (Å²) in [4.78, 5) is 25.6. The lowest BCUT2D eigenvalue weighted by Crippen LogP contribution is -2.37. The highest BCUT2D eigenvalue weighted by molar-refractivity contribution is 6.30. The number of amides is 2. The van der Waals surface area contributed by atoms with E-state index in [1.807, 2.05) is 6.92 Å². The maximum absolute atomic E-state index is 12.3. The molecule has 6 heteroatoms. The summed E-state index contributed by atoms with van der Waals surface area (Å²) in [6, 6.07) is 12.2. The molecule has 5 nitrogen and oxygen atoms in total. The number of carbonyl (C=O) groups excluding carboxylic acids is 2. The number of carbonyl (C=O) groups is 2. The Morgan fingerprint density at radius 1 is 1.17 bits per heavy atom. The molecule has 0 atom stereocenters. The monoisotopic (exact) mass is 346 g/mol. The van der Waals surface area contributed by atoms with Gasteiger partial charge in [0.15, 0.2) is 0 Å². The Morgan fingerprint density at radius 3 is 2.38 bits per heavy atom. The third-order valence-electron chi connectivity index (χ3n) is 3.51. The topological polar surface area (TPSA) is 58.6 Å². The number of nitrogens with zero attached hydrogens (tertiary/aromatic N) is 1. The number of hydrogen-bond donors (Lipinski definition) is 1. The van der Waals surface area contributed by atoms with Crippen molar-refractivity contribution in [1.29, 1.82) is 0 Å². The second-order valence-electron chi connectivity index (χ2n) is 5.31. The number of anilines is 2. The fraction of sp³-hybridized carbons (Fsp3) is 0.222. The smallest absolute Gasteiger partial charge is 0.244 e. The summed E-state index contributed by atoms with van der Waals surface area (Å²) in [5, 5.41) is 3.35. The van der Waals surface area contributed by atoms with Crippen molar-refractivity contribution < 1.29 is 14.3 Å². The van der Waals surface area contributed by atoms with Crippen molar-refractivity contribution in [3.63, 3.8) is 0 Å². The Labute approximate surface area is 146 Å². The number of methoxy groups -OCH3 is 1. The van der Waals surface area contributed by atoms with Crippen LogP contribution in [-0.2, 0) is 9.59 Å². The summed E-state index contributed by atoms with van der Waals surface area (Å²) < 4.78 is 5.07. The van der Waals surface area contributed by atoms with Crippen molar-refractivity contribution in [1.82, 2.24) is 0 Å². The molecule has 0 spiro atoms. The van der Waals surface area contributed by atoms with E-state index in [1.54, 1.807) is 49.6 Å². The van der Waals surface area contributed by atoms with Gasteiger partial charge in [0.1, 0.15) is 12.3 Å². The number of aryl methyl sites for hydroxylation is 1. The molecule has 0 unspecified atom stereocenters. The van der Waals surface area contributed by atoms with Gasteiger partial charge < -0.3 is 15.0 Å². The fourth-order valence-electron chi connectivity index (χ4n) is 2.31. The fourth-order valence-corrected chi connectivity index (χ4v) is 2.53. The van der Waals surface area contributed by atoms with Gasteiger partial charge in [-0.15, -0.1) is 0 Å². The maximum Gasteiger partial charge on any atom is 0.244 e. The van der Waals surface area contributed by atoms with Crippen LogP contribution in [0.2, 0.25) is 5.02 Å². The van der Waals surface area contributed by atoms with Gasteiger partial charge in [0, 0.05) is 23.3 Å². The van der Waals surface area contributed by atoms with Gasteiger partial charge in [-0.2, -0.15) is 0 Å². The highest BCUT2D eigenvalue weighted by Gasteiger charge is 2.17. The van der Waals surface area contributed by atoms with E-state index in [9.17, 15) is 9.59 Å². The van der Waals surface area contributed by atoms with Gasteiger partial charge in [-0.1, -0.05) is 11.6 Å². The van der Waals surface area contributed by atoms with E-state index >= 15 is 0 Å². The van der Waals surface area contributed by atoms with Crippen molar-refractivity contribution in [2.45, 2.75) is 13.8 Å². The van der Waals surface area contributed by atoms with Crippen LogP contribution < -0.4 is 15.0 Å². The van der Waals surface area contributed by atoms with Crippen molar-refractivity contribution in [3.8, 4) is 5.75 Å². The van der Waals surface area contributed by atoms with Crippen LogP contribution in [0, 0.1) is 6.92 Å². The van der Waals surface area contributed by atoms with Crippen LogP contribution in [-0.4, -0.2) is 25.5 Å². The van der Waals surface area contributed by atoms with Gasteiger partial charge >= 0.3 is 0 Å². The first-order valence-corrected chi connectivity index (χ1v) is 7.76. The normalized spacial score (nSPS) is 10.2. The Kier molecular flexibility index (Phi) is 5.82. The minimum Gasteiger partial charge on any atom is -0.497 e. The second-order valence-corrected chi connectivity index (χ2v) is 5.75. The molecule has 0 bridgehead atoms. The molecular weight excluding hydrogens is 328 g/mol. The molecule has 2 aromatic rings. The lowest BCUT2D eigenvalue weighted by molar-refractivity contribution is -0.120. The van der Waals surface area contributed by atoms with Gasteiger partial charge in [0.2, 0.25) is 11.8 Å². The lowest BCUT2D eigenvalue weighted by Gasteiger charge is -2.22. The van der Waals surface area contributed by atoms with Gasteiger partial charge in [-0.05, 0) is 55.0 Å². The summed E-state index contributed by atoms with van der Waals surface area (Å²) in [6.07, 6.45) is 0. The van der Waals surface area contributed by atoms with Gasteiger partial charge in [-0.25, -0.2) is 0 Å². The van der Waals surface area contributed by atoms with E-state index in [-0.39, 0.29) is 18.4 Å². The molecule has 0 saturated carbocycles. The zero-order valence-corrected chi connectivity index (χ0v) is 14.6. The number of hydrogen-bond acceptors (Lipinski definition) is 3. The molecule has 2 amide bonds. The molecule has 2 aromatic carbocycles. The van der Waals surface area contributed by atoms with Crippen molar-refractivity contribution in [2.75, 3.05) is 23.9 Å². The minimum atomic E-state index is -0.287. The number of ether oxygens (including phenoxy) is 1. The Bertz CT molecular complexity index is 744. The van der Waals surface area contributed by atoms with E-state index in [0.29, 0.717) is 22.1 Å². The molecule has 0 aliphatic rings. The van der Waals surface area contributed by atoms with Crippen LogP contribution in [0.25, 0.3) is 0 Å². The van der Waals surface area contributed by atoms with E-state index in [1.165, 1.54) is 11.8 Å². The van der Waals surface area contributed by atoms with Crippen LogP contribution in [0.1, 0.15) is 12.5 Å². The number of halogens is 1. The molecule has 0 aromatic heterocycles. The average molecular weight is 347 g/mol. The molecule has 1 N–H and O–H groups in total. The van der Waals surface area contributed by atoms with Gasteiger partial charge in [0.25, 0.3) is 0 Å². The summed E-state index contributed by atoms with van der Waals surface area (Å²) in [5.74, 6) is 0.199. The lowest BCUT2D eigenvalue weighted by atomic mass is 10.1. The van der Waals surface area contributed by atoms with Crippen LogP contribution >= 0.6 is 11.6 Å². The quantitative estimate of drug-likeness (QED) is 0.899. The summed E-state index contributed by atoms with van der Waals surface area (Å²) in [7, 11) is 1.58. The first-order chi connectivity index (χ1) is 11.4. The SMILES string of the molecule is COc1ccc(NC(=O)CN(C(C)=O)c2ccc(Cl)cc2C)cc1. The van der Waals surface area contributed by atoms with E-state index < -0.39 is 0 Å². The molecule has 126 valence electrons. The van der Waals surface area contributed by atoms with Crippen LogP contribution in [0.15, 0.2) is 42.5 Å². The van der Waals surface area contributed by atoms with Crippen LogP contribution in [0.5, 0.6) is 5.75 Å². The predicted octanol–water partition coefficient (Wildman–Crippen LogP) is 3.65. The molecule has 0 heterocycles. The summed E-state index contributed by atoms with van der Waals surface area (Å²) in [5.41, 5.74) is 2.13. The third kappa shape index (κ3) is 4.49. The molecule has 0 saturated heterocycles. The van der Waals surface area contributed by atoms with Crippen molar-refractivity contribution >= 4 is 34.8 Å². The molecule has 24 heavy (non-hydrogen) atoms. The molecular formula is C18H19ClN2O3. The van der Waals surface area contributed by atoms with Gasteiger partial charge in [-0.3, -0.25) is 9.59 Å². The number of benzene rings is 2. The Morgan fingerprint density at radius 2 is 1.83 bits per heavy atom. The molecule has 2 rings (SSSR count). The van der Waals surface area contributed by atoms with Gasteiger partial charge in [0.05, 0.1) is 7.11 Å². The summed E-state index contributed by atoms with van der Waals surface area (Å²) >= 11 is 5.95. The Balaban J connectivity index is 2.12. The molecule has 0 aliphatic heterocycles. The molecule has 0 fully saturated rings. The highest BCUT2D eigenvalue weighted by atomic mass is 35.5. The van der Waals surface area contributed by atoms with Crippen LogP contribution in [0.3, 0.4) is 0 Å². The maximum atomic E-state index is 12.3. The highest BCUT2D eigenvalue weighted by Crippen LogP contribution is 2.24. The van der Waals surface area contributed by atoms with E-state index in [0.717, 1.165) is 5.56 Å². The first kappa shape index (κ1) is 17.8. The summed E-state index contributed by atoms with van der Waals surface area (Å²) in [6.45, 7) is 3.19. The zero-order chi connectivity index (χ0) is 17.7. The van der Waals surface area contributed by atoms with Crippen LogP contribution in [0.4, 0.5) is 11.4 Å². The zero-order valence-electron chi connectivity index (χ0n) is 13.8. The average Bonchev–Trinajstić information content (AvgIpc) is 2.54. The largest absolute Gasteiger partial charge is 0.497 e. The first-order valence-electron chi connectivity index (χ1n) is 7.39. The standard InChI is InChI=1S/C18H19ClN2O3/c1-12-10-14(19)4-9-17(12)21(13(2)22)11-18(23)20-15-5-7-16(24-3)8-6-15/h4-10H,11H2,1-3H3,(H,20,23). The van der Waals surface area contributed by atoms with Crippen molar-refractivity contribution in [2.24, 2.45) is 0 Å². The minimum absolute atomic E-state index is 0.0795. The molecule has 0 radical (unpaired) electrons. The van der Waals surface area contributed by atoms with E-state index in [4.69, 9.17) is 16.3 Å². The van der Waals surface area contributed by atoms with Crippen molar-refractivity contribution in [3.05, 3.63) is 53.1 Å². The number of rotatable bonds is 5. The number of nitrogens with one attached hydrogen (secondary N) is 1. The molecule has 0 aliphatic carbocycles. The third-order valence-corrected chi connectivity index (χ3v) is 3.74. The van der Waals surface area contributed by atoms with E-state index in [2.05, 4.69) is 5.32 Å². The second kappa shape index (κ2) is 7.84. The Hall–Kier alpha value is -2.53. The predicted molar refractivity (Wildman–Crippen MR) is 95.8 cm³/mol.